The molecule has 0 aromatic carbocycles. The molecule has 2 heterocycles. The van der Waals surface area contributed by atoms with Crippen molar-refractivity contribution in [3.8, 4) is 0 Å². The number of aromatic nitrogens is 1. The molecule has 1 aromatic heterocycles. The molecule has 0 bridgehead atoms. The van der Waals surface area contributed by atoms with Crippen LogP contribution < -0.4 is 0 Å². The van der Waals surface area contributed by atoms with Gasteiger partial charge in [-0.1, -0.05) is 13.8 Å². The van der Waals surface area contributed by atoms with Crippen LogP contribution in [-0.4, -0.2) is 40.1 Å². The van der Waals surface area contributed by atoms with E-state index in [-0.39, 0.29) is 11.3 Å². The molecule has 1 atom stereocenters. The van der Waals surface area contributed by atoms with E-state index in [4.69, 9.17) is 0 Å². The number of hydrogen-bond acceptors (Lipinski definition) is 3. The molecule has 0 spiro atoms. The summed E-state index contributed by atoms with van der Waals surface area (Å²) < 4.78 is 0. The molecule has 1 N–H and O–H groups in total. The summed E-state index contributed by atoms with van der Waals surface area (Å²) in [5.41, 5.74) is 1.04. The molecule has 0 radical (unpaired) electrons. The predicted octanol–water partition coefficient (Wildman–Crippen LogP) is 1.63. The molecule has 1 unspecified atom stereocenters. The van der Waals surface area contributed by atoms with Gasteiger partial charge in [0.05, 0.1) is 6.10 Å². The standard InChI is InChI=1S/C15H22N2O2/c1-15(2)7-10-17(11-13(15)18)14(19)4-3-12-5-8-16-9-6-12/h5-6,8-9,13,18H,3-4,7,10-11H2,1-2H3. The number of aliphatic hydroxyl groups is 1. The number of nitrogens with zero attached hydrogens (tertiary/aromatic N) is 2. The SMILES string of the molecule is CC1(C)CCN(C(=O)CCc2ccncc2)CC1O. The first-order chi connectivity index (χ1) is 8.99. The molecular formula is C15H22N2O2. The van der Waals surface area contributed by atoms with Gasteiger partial charge < -0.3 is 10.0 Å². The second kappa shape index (κ2) is 5.70. The molecule has 19 heavy (non-hydrogen) atoms. The number of amides is 1. The summed E-state index contributed by atoms with van der Waals surface area (Å²) in [5, 5.41) is 10.0. The molecule has 0 saturated carbocycles. The summed E-state index contributed by atoms with van der Waals surface area (Å²) in [6, 6.07) is 3.86. The number of piperidine rings is 1. The van der Waals surface area contributed by atoms with Gasteiger partial charge in [0.1, 0.15) is 0 Å². The maximum absolute atomic E-state index is 12.1. The van der Waals surface area contributed by atoms with Crippen LogP contribution in [0.2, 0.25) is 0 Å². The average Bonchev–Trinajstić information content (AvgIpc) is 2.40. The third-order valence-electron chi connectivity index (χ3n) is 4.05. The molecule has 1 amide bonds. The van der Waals surface area contributed by atoms with Crippen molar-refractivity contribution >= 4 is 5.91 Å². The van der Waals surface area contributed by atoms with Crippen LogP contribution in [0.3, 0.4) is 0 Å². The highest BCUT2D eigenvalue weighted by molar-refractivity contribution is 5.76. The smallest absolute Gasteiger partial charge is 0.222 e. The lowest BCUT2D eigenvalue weighted by Gasteiger charge is -2.41. The number of carbonyl (C=O) groups is 1. The van der Waals surface area contributed by atoms with Crippen LogP contribution in [-0.2, 0) is 11.2 Å². The number of hydrogen-bond donors (Lipinski definition) is 1. The molecule has 1 saturated heterocycles. The Labute approximate surface area is 114 Å². The lowest BCUT2D eigenvalue weighted by molar-refractivity contribution is -0.137. The zero-order chi connectivity index (χ0) is 13.9. The molecule has 4 nitrogen and oxygen atoms in total. The van der Waals surface area contributed by atoms with Crippen molar-refractivity contribution < 1.29 is 9.90 Å². The quantitative estimate of drug-likeness (QED) is 0.901. The van der Waals surface area contributed by atoms with Gasteiger partial charge in [-0.05, 0) is 36.0 Å². The van der Waals surface area contributed by atoms with Gasteiger partial charge in [-0.25, -0.2) is 0 Å². The number of pyridine rings is 1. The minimum Gasteiger partial charge on any atom is -0.391 e. The second-order valence-electron chi connectivity index (χ2n) is 5.95. The van der Waals surface area contributed by atoms with Crippen molar-refractivity contribution in [2.24, 2.45) is 5.41 Å². The van der Waals surface area contributed by atoms with Crippen molar-refractivity contribution in [3.63, 3.8) is 0 Å². The molecule has 4 heteroatoms. The summed E-state index contributed by atoms with van der Waals surface area (Å²) in [5.74, 6) is 0.131. The van der Waals surface area contributed by atoms with Crippen molar-refractivity contribution in [3.05, 3.63) is 30.1 Å². The Hall–Kier alpha value is -1.42. The molecule has 0 aliphatic carbocycles. The van der Waals surface area contributed by atoms with Crippen LogP contribution in [0.25, 0.3) is 0 Å². The van der Waals surface area contributed by atoms with Crippen molar-refractivity contribution in [1.82, 2.24) is 9.88 Å². The fourth-order valence-electron chi connectivity index (χ4n) is 2.32. The highest BCUT2D eigenvalue weighted by Crippen LogP contribution is 2.30. The van der Waals surface area contributed by atoms with E-state index in [1.807, 2.05) is 12.1 Å². The largest absolute Gasteiger partial charge is 0.391 e. The lowest BCUT2D eigenvalue weighted by Crippen LogP contribution is -2.50. The molecular weight excluding hydrogens is 240 g/mol. The van der Waals surface area contributed by atoms with Gasteiger partial charge in [0, 0.05) is 31.9 Å². The Kier molecular flexibility index (Phi) is 4.20. The fourth-order valence-corrected chi connectivity index (χ4v) is 2.32. The Morgan fingerprint density at radius 2 is 2.16 bits per heavy atom. The first-order valence-electron chi connectivity index (χ1n) is 6.84. The topological polar surface area (TPSA) is 53.4 Å². The highest BCUT2D eigenvalue weighted by Gasteiger charge is 2.35. The first-order valence-corrected chi connectivity index (χ1v) is 6.84. The van der Waals surface area contributed by atoms with E-state index in [2.05, 4.69) is 18.8 Å². The van der Waals surface area contributed by atoms with Crippen molar-refractivity contribution in [2.45, 2.75) is 39.2 Å². The number of aliphatic hydroxyl groups excluding tert-OH is 1. The number of aryl methyl sites for hydroxylation is 1. The summed E-state index contributed by atoms with van der Waals surface area (Å²) in [7, 11) is 0. The summed E-state index contributed by atoms with van der Waals surface area (Å²) in [6.45, 7) is 5.31. The third-order valence-corrected chi connectivity index (χ3v) is 4.05. The van der Waals surface area contributed by atoms with Gasteiger partial charge in [0.25, 0.3) is 0 Å². The Morgan fingerprint density at radius 3 is 2.79 bits per heavy atom. The Balaban J connectivity index is 1.84. The zero-order valence-electron chi connectivity index (χ0n) is 11.7. The molecule has 2 rings (SSSR count). The van der Waals surface area contributed by atoms with Gasteiger partial charge in [0.2, 0.25) is 5.91 Å². The zero-order valence-corrected chi connectivity index (χ0v) is 11.7. The Morgan fingerprint density at radius 1 is 1.47 bits per heavy atom. The molecule has 1 fully saturated rings. The summed E-state index contributed by atoms with van der Waals surface area (Å²) >= 11 is 0. The number of carbonyl (C=O) groups excluding carboxylic acids is 1. The Bertz CT molecular complexity index is 431. The molecule has 1 aliphatic rings. The van der Waals surface area contributed by atoms with E-state index in [0.717, 1.165) is 24.9 Å². The van der Waals surface area contributed by atoms with Gasteiger partial charge in [-0.3, -0.25) is 9.78 Å². The molecule has 1 aromatic rings. The minimum atomic E-state index is -0.425. The maximum atomic E-state index is 12.1. The van der Waals surface area contributed by atoms with Crippen molar-refractivity contribution in [2.75, 3.05) is 13.1 Å². The van der Waals surface area contributed by atoms with E-state index in [1.54, 1.807) is 17.3 Å². The normalized spacial score (nSPS) is 22.3. The van der Waals surface area contributed by atoms with Gasteiger partial charge in [0.15, 0.2) is 0 Å². The number of rotatable bonds is 3. The van der Waals surface area contributed by atoms with Crippen LogP contribution in [0.1, 0.15) is 32.3 Å². The fraction of sp³-hybridized carbons (Fsp3) is 0.600. The predicted molar refractivity (Wildman–Crippen MR) is 73.5 cm³/mol. The van der Waals surface area contributed by atoms with Crippen LogP contribution in [0.4, 0.5) is 0 Å². The van der Waals surface area contributed by atoms with Crippen LogP contribution in [0.15, 0.2) is 24.5 Å². The van der Waals surface area contributed by atoms with Crippen molar-refractivity contribution in [1.29, 1.82) is 0 Å². The van der Waals surface area contributed by atoms with Crippen LogP contribution >= 0.6 is 0 Å². The van der Waals surface area contributed by atoms with E-state index >= 15 is 0 Å². The van der Waals surface area contributed by atoms with Crippen LogP contribution in [0, 0.1) is 5.41 Å². The average molecular weight is 262 g/mol. The number of β-amino-alcohol motifs (C(OH)–C–C–N with tert-alkyl or cyclic N) is 1. The molecule has 104 valence electrons. The van der Waals surface area contributed by atoms with Gasteiger partial charge in [-0.2, -0.15) is 0 Å². The van der Waals surface area contributed by atoms with E-state index < -0.39 is 6.10 Å². The second-order valence-corrected chi connectivity index (χ2v) is 5.95. The lowest BCUT2D eigenvalue weighted by atomic mass is 9.80. The summed E-state index contributed by atoms with van der Waals surface area (Å²) in [4.78, 5) is 17.9. The van der Waals surface area contributed by atoms with Gasteiger partial charge in [-0.15, -0.1) is 0 Å². The highest BCUT2D eigenvalue weighted by atomic mass is 16.3. The maximum Gasteiger partial charge on any atom is 0.222 e. The molecule has 1 aliphatic heterocycles. The summed E-state index contributed by atoms with van der Waals surface area (Å²) in [6.07, 6.45) is 5.15. The third kappa shape index (κ3) is 3.53. The van der Waals surface area contributed by atoms with E-state index in [1.165, 1.54) is 0 Å². The van der Waals surface area contributed by atoms with E-state index in [0.29, 0.717) is 13.0 Å². The van der Waals surface area contributed by atoms with Gasteiger partial charge >= 0.3 is 0 Å². The van der Waals surface area contributed by atoms with Crippen LogP contribution in [0.5, 0.6) is 0 Å². The minimum absolute atomic E-state index is 0.0815. The number of likely N-dealkylation sites (tertiary alicyclic amines) is 1. The first kappa shape index (κ1) is 14.0. The monoisotopic (exact) mass is 262 g/mol. The van der Waals surface area contributed by atoms with E-state index in [9.17, 15) is 9.90 Å².